The number of hydrogen-bond donors (Lipinski definition) is 2. The van der Waals surface area contributed by atoms with Gasteiger partial charge in [0.05, 0.1) is 11.2 Å². The van der Waals surface area contributed by atoms with E-state index in [0.29, 0.717) is 5.75 Å². The normalized spacial score (nSPS) is 10.4. The van der Waals surface area contributed by atoms with Crippen molar-refractivity contribution < 1.29 is 5.11 Å². The van der Waals surface area contributed by atoms with Gasteiger partial charge in [0.1, 0.15) is 5.75 Å². The van der Waals surface area contributed by atoms with Gasteiger partial charge in [-0.05, 0) is 12.1 Å². The Morgan fingerprint density at radius 3 is 3.00 bits per heavy atom. The molecule has 0 amide bonds. The molecule has 0 bridgehead atoms. The van der Waals surface area contributed by atoms with Crippen molar-refractivity contribution in [2.24, 2.45) is 0 Å². The van der Waals surface area contributed by atoms with Crippen molar-refractivity contribution in [3.05, 3.63) is 34.7 Å². The highest BCUT2D eigenvalue weighted by Gasteiger charge is 2.07. The Hall–Kier alpha value is -1.00. The lowest BCUT2D eigenvalue weighted by molar-refractivity contribution is 0.475. The fourth-order valence-corrected chi connectivity index (χ4v) is 2.29. The molecular weight excluding hydrogens is 214 g/mol. The average Bonchev–Trinajstić information content (AvgIpc) is 2.65. The van der Waals surface area contributed by atoms with Gasteiger partial charge < -0.3 is 5.11 Å². The number of rotatable bonds is 2. The number of phenolic OH excluding ortho intramolecular Hbond substituents is 1. The number of aromatic nitrogens is 1. The fraction of sp³-hybridized carbons (Fsp3) is 0.100. The highest BCUT2D eigenvalue weighted by atomic mass is 32.1. The summed E-state index contributed by atoms with van der Waals surface area (Å²) in [5.41, 5.74) is 3.65. The summed E-state index contributed by atoms with van der Waals surface area (Å²) in [7, 11) is 0. The molecule has 2 nitrogen and oxygen atoms in total. The van der Waals surface area contributed by atoms with Crippen molar-refractivity contribution in [2.75, 3.05) is 0 Å². The van der Waals surface area contributed by atoms with Crippen LogP contribution in [0.4, 0.5) is 0 Å². The largest absolute Gasteiger partial charge is 0.508 e. The lowest BCUT2D eigenvalue weighted by Crippen LogP contribution is -1.81. The van der Waals surface area contributed by atoms with Crippen LogP contribution < -0.4 is 0 Å². The molecule has 2 aromatic rings. The molecule has 1 heterocycles. The third-order valence-corrected chi connectivity index (χ3v) is 3.27. The molecule has 0 saturated carbocycles. The first-order valence-electron chi connectivity index (χ1n) is 4.14. The summed E-state index contributed by atoms with van der Waals surface area (Å²) >= 11 is 5.81. The summed E-state index contributed by atoms with van der Waals surface area (Å²) in [5.74, 6) is 0.941. The maximum absolute atomic E-state index is 9.33. The monoisotopic (exact) mass is 223 g/mol. The molecule has 1 N–H and O–H groups in total. The van der Waals surface area contributed by atoms with Gasteiger partial charge in [-0.1, -0.05) is 12.1 Å². The van der Waals surface area contributed by atoms with Gasteiger partial charge in [-0.15, -0.1) is 11.3 Å². The van der Waals surface area contributed by atoms with Crippen LogP contribution >= 0.6 is 24.0 Å². The van der Waals surface area contributed by atoms with Crippen LogP contribution in [-0.2, 0) is 5.75 Å². The maximum Gasteiger partial charge on any atom is 0.116 e. The van der Waals surface area contributed by atoms with E-state index in [9.17, 15) is 5.11 Å². The summed E-state index contributed by atoms with van der Waals surface area (Å²) in [6, 6.07) is 7.10. The molecule has 0 aliphatic heterocycles. The van der Waals surface area contributed by atoms with Crippen molar-refractivity contribution in [2.45, 2.75) is 5.75 Å². The van der Waals surface area contributed by atoms with E-state index in [4.69, 9.17) is 0 Å². The standard InChI is InChI=1S/C10H9NOS2/c12-8-3-1-2-7(4-8)10-9(5-13)14-6-11-10/h1-4,6,12-13H,5H2. The van der Waals surface area contributed by atoms with Gasteiger partial charge in [-0.25, -0.2) is 4.98 Å². The highest BCUT2D eigenvalue weighted by molar-refractivity contribution is 7.79. The van der Waals surface area contributed by atoms with E-state index in [1.807, 2.05) is 12.1 Å². The zero-order chi connectivity index (χ0) is 9.97. The van der Waals surface area contributed by atoms with Crippen molar-refractivity contribution >= 4 is 24.0 Å². The fourth-order valence-electron chi connectivity index (χ4n) is 1.27. The molecule has 4 heteroatoms. The van der Waals surface area contributed by atoms with Crippen molar-refractivity contribution in [1.29, 1.82) is 0 Å². The van der Waals surface area contributed by atoms with Gasteiger partial charge in [0.2, 0.25) is 0 Å². The molecule has 0 unspecified atom stereocenters. The Balaban J connectivity index is 2.49. The summed E-state index contributed by atoms with van der Waals surface area (Å²) in [4.78, 5) is 5.38. The molecule has 0 aliphatic carbocycles. The van der Waals surface area contributed by atoms with E-state index in [1.54, 1.807) is 29.0 Å². The topological polar surface area (TPSA) is 33.1 Å². The smallest absolute Gasteiger partial charge is 0.116 e. The molecule has 0 atom stereocenters. The van der Waals surface area contributed by atoms with Gasteiger partial charge in [0.15, 0.2) is 0 Å². The molecule has 0 fully saturated rings. The van der Waals surface area contributed by atoms with Crippen LogP contribution in [0.2, 0.25) is 0 Å². The lowest BCUT2D eigenvalue weighted by atomic mass is 10.1. The van der Waals surface area contributed by atoms with Crippen LogP contribution in [0.15, 0.2) is 29.8 Å². The second-order valence-electron chi connectivity index (χ2n) is 2.83. The van der Waals surface area contributed by atoms with E-state index < -0.39 is 0 Å². The molecule has 1 aromatic carbocycles. The number of thiol groups is 1. The van der Waals surface area contributed by atoms with Crippen LogP contribution in [0.5, 0.6) is 5.75 Å². The number of benzene rings is 1. The second-order valence-corrected chi connectivity index (χ2v) is 4.09. The van der Waals surface area contributed by atoms with E-state index >= 15 is 0 Å². The third kappa shape index (κ3) is 1.76. The van der Waals surface area contributed by atoms with Crippen LogP contribution in [-0.4, -0.2) is 10.1 Å². The van der Waals surface area contributed by atoms with Crippen molar-refractivity contribution in [1.82, 2.24) is 4.98 Å². The SMILES string of the molecule is Oc1cccc(-c2ncsc2CS)c1. The second kappa shape index (κ2) is 4.02. The maximum atomic E-state index is 9.33. The first-order chi connectivity index (χ1) is 6.81. The minimum Gasteiger partial charge on any atom is -0.508 e. The molecule has 0 radical (unpaired) electrons. The van der Waals surface area contributed by atoms with Gasteiger partial charge in [-0.2, -0.15) is 12.6 Å². The molecule has 14 heavy (non-hydrogen) atoms. The summed E-state index contributed by atoms with van der Waals surface area (Å²) < 4.78 is 0. The predicted molar refractivity (Wildman–Crippen MR) is 61.9 cm³/mol. The first kappa shape index (κ1) is 9.55. The summed E-state index contributed by atoms with van der Waals surface area (Å²) in [6.07, 6.45) is 0. The zero-order valence-corrected chi connectivity index (χ0v) is 9.05. The summed E-state index contributed by atoms with van der Waals surface area (Å²) in [5, 5.41) is 9.33. The Bertz CT molecular complexity index is 439. The minimum absolute atomic E-state index is 0.264. The average molecular weight is 223 g/mol. The van der Waals surface area contributed by atoms with Crippen LogP contribution in [0, 0.1) is 0 Å². The Labute approximate surface area is 91.7 Å². The number of phenols is 1. The number of nitrogens with zero attached hydrogens (tertiary/aromatic N) is 1. The van der Waals surface area contributed by atoms with E-state index in [-0.39, 0.29) is 5.75 Å². The first-order valence-corrected chi connectivity index (χ1v) is 5.65. The Morgan fingerprint density at radius 2 is 2.29 bits per heavy atom. The molecule has 2 rings (SSSR count). The van der Waals surface area contributed by atoms with Crippen molar-refractivity contribution in [3.8, 4) is 17.0 Å². The highest BCUT2D eigenvalue weighted by Crippen LogP contribution is 2.28. The lowest BCUT2D eigenvalue weighted by Gasteiger charge is -2.00. The minimum atomic E-state index is 0.264. The predicted octanol–water partition coefficient (Wildman–Crippen LogP) is 2.95. The van der Waals surface area contributed by atoms with Crippen molar-refractivity contribution in [3.63, 3.8) is 0 Å². The van der Waals surface area contributed by atoms with Gasteiger partial charge in [0.25, 0.3) is 0 Å². The molecule has 0 aliphatic rings. The van der Waals surface area contributed by atoms with E-state index in [1.165, 1.54) is 0 Å². The van der Waals surface area contributed by atoms with Gasteiger partial charge in [-0.3, -0.25) is 0 Å². The molecule has 0 spiro atoms. The molecular formula is C10H9NOS2. The molecule has 72 valence electrons. The zero-order valence-electron chi connectivity index (χ0n) is 7.34. The quantitative estimate of drug-likeness (QED) is 0.767. The van der Waals surface area contributed by atoms with Crippen LogP contribution in [0.3, 0.4) is 0 Å². The summed E-state index contributed by atoms with van der Waals surface area (Å²) in [6.45, 7) is 0. The molecule has 0 saturated heterocycles. The molecule has 1 aromatic heterocycles. The Morgan fingerprint density at radius 1 is 1.43 bits per heavy atom. The number of hydrogen-bond acceptors (Lipinski definition) is 4. The van der Waals surface area contributed by atoms with Crippen LogP contribution in [0.25, 0.3) is 11.3 Å². The Kier molecular flexibility index (Phi) is 2.74. The van der Waals surface area contributed by atoms with Gasteiger partial charge >= 0.3 is 0 Å². The number of aromatic hydroxyl groups is 1. The van der Waals surface area contributed by atoms with E-state index in [2.05, 4.69) is 17.6 Å². The number of thiazole rings is 1. The van der Waals surface area contributed by atoms with Gasteiger partial charge in [0, 0.05) is 16.2 Å². The van der Waals surface area contributed by atoms with E-state index in [0.717, 1.165) is 16.1 Å². The third-order valence-electron chi connectivity index (χ3n) is 1.90. The van der Waals surface area contributed by atoms with Crippen LogP contribution in [0.1, 0.15) is 4.88 Å².